The number of rotatable bonds is 1. The minimum Gasteiger partial charge on any atom is -0.134 e. The first kappa shape index (κ1) is 6.94. The molecule has 0 aliphatic heterocycles. The molecule has 1 aliphatic carbocycles. The summed E-state index contributed by atoms with van der Waals surface area (Å²) in [5.41, 5.74) is 0. The summed E-state index contributed by atoms with van der Waals surface area (Å²) in [4.78, 5) is 1.51. The van der Waals surface area contributed by atoms with Gasteiger partial charge in [0.25, 0.3) is 0 Å². The number of thioether (sulfide) groups is 1. The van der Waals surface area contributed by atoms with Crippen LogP contribution in [0.1, 0.15) is 13.3 Å². The maximum Gasteiger partial charge on any atom is -0.00958 e. The lowest BCUT2D eigenvalue weighted by molar-refractivity contribution is 0.724. The molecule has 0 bridgehead atoms. The van der Waals surface area contributed by atoms with Crippen molar-refractivity contribution < 1.29 is 0 Å². The molecule has 1 atom stereocenters. The summed E-state index contributed by atoms with van der Waals surface area (Å²) >= 11 is 1.86. The van der Waals surface area contributed by atoms with Gasteiger partial charge >= 0.3 is 0 Å². The van der Waals surface area contributed by atoms with E-state index in [0.29, 0.717) is 0 Å². The molecule has 0 saturated heterocycles. The van der Waals surface area contributed by atoms with Gasteiger partial charge in [0, 0.05) is 0 Å². The Kier molecular flexibility index (Phi) is 2.40. The monoisotopic (exact) mass is 140 g/mol. The van der Waals surface area contributed by atoms with Gasteiger partial charge in [-0.05, 0) is 23.5 Å². The minimum absolute atomic E-state index is 0.755. The summed E-state index contributed by atoms with van der Waals surface area (Å²) in [6.07, 6.45) is 9.93. The smallest absolute Gasteiger partial charge is 0.00958 e. The van der Waals surface area contributed by atoms with Crippen LogP contribution < -0.4 is 0 Å². The lowest BCUT2D eigenvalue weighted by Gasteiger charge is -2.13. The van der Waals surface area contributed by atoms with Crippen LogP contribution in [-0.2, 0) is 0 Å². The van der Waals surface area contributed by atoms with Crippen LogP contribution in [0.4, 0.5) is 0 Å². The van der Waals surface area contributed by atoms with Crippen molar-refractivity contribution in [3.8, 4) is 0 Å². The Balaban J connectivity index is 2.63. The highest BCUT2D eigenvalue weighted by atomic mass is 32.2. The van der Waals surface area contributed by atoms with E-state index < -0.39 is 0 Å². The highest BCUT2D eigenvalue weighted by Crippen LogP contribution is 2.27. The van der Waals surface area contributed by atoms with E-state index in [2.05, 4.69) is 31.4 Å². The third kappa shape index (κ3) is 1.62. The standard InChI is InChI=1S/C8H12S/c1-7-5-3-4-6-8(7)9-2/h3-4,6-7H,5H2,1-2H3. The summed E-state index contributed by atoms with van der Waals surface area (Å²) in [5.74, 6) is 0.755. The molecule has 9 heavy (non-hydrogen) atoms. The molecule has 50 valence electrons. The van der Waals surface area contributed by atoms with Gasteiger partial charge in [-0.2, -0.15) is 0 Å². The Morgan fingerprint density at radius 1 is 1.67 bits per heavy atom. The third-order valence-electron chi connectivity index (χ3n) is 1.61. The molecule has 0 fully saturated rings. The van der Waals surface area contributed by atoms with E-state index in [-0.39, 0.29) is 0 Å². The van der Waals surface area contributed by atoms with Gasteiger partial charge in [-0.1, -0.05) is 25.2 Å². The van der Waals surface area contributed by atoms with Crippen molar-refractivity contribution in [2.24, 2.45) is 5.92 Å². The first-order chi connectivity index (χ1) is 4.34. The van der Waals surface area contributed by atoms with Gasteiger partial charge in [-0.3, -0.25) is 0 Å². The second-order valence-electron chi connectivity index (χ2n) is 2.34. The molecule has 0 nitrogen and oxygen atoms in total. The first-order valence-electron chi connectivity index (χ1n) is 3.25. The highest BCUT2D eigenvalue weighted by molar-refractivity contribution is 8.02. The Labute approximate surface area is 61.0 Å². The number of allylic oxidation sites excluding steroid dienone is 4. The van der Waals surface area contributed by atoms with Gasteiger partial charge in [-0.25, -0.2) is 0 Å². The zero-order chi connectivity index (χ0) is 6.69. The summed E-state index contributed by atoms with van der Waals surface area (Å²) in [5, 5.41) is 0. The number of hydrogen-bond donors (Lipinski definition) is 0. The molecule has 1 rings (SSSR count). The van der Waals surface area contributed by atoms with E-state index in [0.717, 1.165) is 5.92 Å². The van der Waals surface area contributed by atoms with Gasteiger partial charge < -0.3 is 0 Å². The van der Waals surface area contributed by atoms with Crippen LogP contribution in [-0.4, -0.2) is 6.26 Å². The quantitative estimate of drug-likeness (QED) is 0.539. The van der Waals surface area contributed by atoms with Gasteiger partial charge in [-0.15, -0.1) is 11.8 Å². The maximum absolute atomic E-state index is 2.27. The number of hydrogen-bond acceptors (Lipinski definition) is 1. The summed E-state index contributed by atoms with van der Waals surface area (Å²) < 4.78 is 0. The SMILES string of the molecule is CSC1=CC=CCC1C. The molecule has 0 saturated carbocycles. The largest absolute Gasteiger partial charge is 0.134 e. The van der Waals surface area contributed by atoms with Crippen molar-refractivity contribution in [3.05, 3.63) is 23.1 Å². The minimum atomic E-state index is 0.755. The lowest BCUT2D eigenvalue weighted by Crippen LogP contribution is -1.96. The van der Waals surface area contributed by atoms with Crippen molar-refractivity contribution in [3.63, 3.8) is 0 Å². The summed E-state index contributed by atoms with van der Waals surface area (Å²) in [7, 11) is 0. The second-order valence-corrected chi connectivity index (χ2v) is 3.22. The molecule has 0 radical (unpaired) electrons. The Hall–Kier alpha value is -0.170. The van der Waals surface area contributed by atoms with Crippen LogP contribution in [0.2, 0.25) is 0 Å². The van der Waals surface area contributed by atoms with E-state index in [9.17, 15) is 0 Å². The molecule has 0 aromatic rings. The van der Waals surface area contributed by atoms with E-state index in [1.807, 2.05) is 11.8 Å². The molecular formula is C8H12S. The van der Waals surface area contributed by atoms with Gasteiger partial charge in [0.15, 0.2) is 0 Å². The molecule has 0 aromatic heterocycles. The molecule has 0 N–H and O–H groups in total. The average molecular weight is 140 g/mol. The van der Waals surface area contributed by atoms with E-state index in [1.165, 1.54) is 11.3 Å². The molecular weight excluding hydrogens is 128 g/mol. The molecule has 1 heteroatoms. The van der Waals surface area contributed by atoms with Crippen LogP contribution in [0.25, 0.3) is 0 Å². The van der Waals surface area contributed by atoms with Crippen molar-refractivity contribution in [1.29, 1.82) is 0 Å². The Bertz CT molecular complexity index is 145. The van der Waals surface area contributed by atoms with E-state index >= 15 is 0 Å². The molecule has 0 amide bonds. The fraction of sp³-hybridized carbons (Fsp3) is 0.500. The molecule has 0 aromatic carbocycles. The van der Waals surface area contributed by atoms with Gasteiger partial charge in [0.2, 0.25) is 0 Å². The third-order valence-corrected chi connectivity index (χ3v) is 2.62. The molecule has 1 unspecified atom stereocenters. The highest BCUT2D eigenvalue weighted by Gasteiger charge is 2.06. The Morgan fingerprint density at radius 2 is 2.44 bits per heavy atom. The van der Waals surface area contributed by atoms with Crippen LogP contribution in [0, 0.1) is 5.92 Å². The van der Waals surface area contributed by atoms with Gasteiger partial charge in [0.05, 0.1) is 0 Å². The normalized spacial score (nSPS) is 26.0. The summed E-state index contributed by atoms with van der Waals surface area (Å²) in [6, 6.07) is 0. The Morgan fingerprint density at radius 3 is 2.89 bits per heavy atom. The predicted octanol–water partition coefficient (Wildman–Crippen LogP) is 2.83. The lowest BCUT2D eigenvalue weighted by atomic mass is 10.0. The second kappa shape index (κ2) is 3.11. The van der Waals surface area contributed by atoms with Crippen molar-refractivity contribution in [2.75, 3.05) is 6.26 Å². The maximum atomic E-state index is 2.27. The predicted molar refractivity (Wildman–Crippen MR) is 44.5 cm³/mol. The average Bonchev–Trinajstić information content (AvgIpc) is 1.89. The van der Waals surface area contributed by atoms with Gasteiger partial charge in [0.1, 0.15) is 0 Å². The van der Waals surface area contributed by atoms with Crippen molar-refractivity contribution in [2.45, 2.75) is 13.3 Å². The van der Waals surface area contributed by atoms with Crippen molar-refractivity contribution >= 4 is 11.8 Å². The summed E-state index contributed by atoms with van der Waals surface area (Å²) in [6.45, 7) is 2.27. The molecule has 1 aliphatic rings. The topological polar surface area (TPSA) is 0 Å². The first-order valence-corrected chi connectivity index (χ1v) is 4.47. The fourth-order valence-electron chi connectivity index (χ4n) is 0.995. The van der Waals surface area contributed by atoms with Crippen LogP contribution in [0.3, 0.4) is 0 Å². The van der Waals surface area contributed by atoms with Crippen LogP contribution >= 0.6 is 11.8 Å². The zero-order valence-electron chi connectivity index (χ0n) is 5.92. The fourth-order valence-corrected chi connectivity index (χ4v) is 1.71. The van der Waals surface area contributed by atoms with Crippen LogP contribution in [0.5, 0.6) is 0 Å². The zero-order valence-corrected chi connectivity index (χ0v) is 6.74. The van der Waals surface area contributed by atoms with Crippen molar-refractivity contribution in [1.82, 2.24) is 0 Å². The van der Waals surface area contributed by atoms with Crippen LogP contribution in [0.15, 0.2) is 23.1 Å². The molecule has 0 spiro atoms. The van der Waals surface area contributed by atoms with E-state index in [1.54, 1.807) is 0 Å². The van der Waals surface area contributed by atoms with E-state index in [4.69, 9.17) is 0 Å². The molecule has 0 heterocycles.